The minimum atomic E-state index is -0.363. The highest BCUT2D eigenvalue weighted by Crippen LogP contribution is 2.26. The van der Waals surface area contributed by atoms with Crippen LogP contribution in [0.1, 0.15) is 41.3 Å². The van der Waals surface area contributed by atoms with Crippen LogP contribution in [0.3, 0.4) is 0 Å². The molecule has 3 rings (SSSR count). The third-order valence-corrected chi connectivity index (χ3v) is 5.43. The number of aryl methyl sites for hydroxylation is 2. The molecule has 0 saturated carbocycles. The number of carbonyl (C=O) groups excluding carboxylic acids is 2. The lowest BCUT2D eigenvalue weighted by Gasteiger charge is -2.44. The Bertz CT molecular complexity index is 645. The Morgan fingerprint density at radius 1 is 1.08 bits per heavy atom. The van der Waals surface area contributed by atoms with Crippen LogP contribution in [0.5, 0.6) is 0 Å². The van der Waals surface area contributed by atoms with Crippen LogP contribution in [0.15, 0.2) is 18.2 Å². The van der Waals surface area contributed by atoms with Gasteiger partial charge in [-0.2, -0.15) is 0 Å². The first-order chi connectivity index (χ1) is 11.8. The predicted octanol–water partition coefficient (Wildman–Crippen LogP) is 1.99. The number of piperidine rings is 1. The van der Waals surface area contributed by atoms with Gasteiger partial charge in [0.1, 0.15) is 0 Å². The number of nitrogens with zero attached hydrogens (tertiary/aromatic N) is 2. The van der Waals surface area contributed by atoms with Gasteiger partial charge in [0, 0.05) is 37.7 Å². The van der Waals surface area contributed by atoms with E-state index in [0.29, 0.717) is 31.7 Å². The van der Waals surface area contributed by atoms with Gasteiger partial charge in [0.25, 0.3) is 5.91 Å². The maximum atomic E-state index is 12.8. The second kappa shape index (κ2) is 7.16. The summed E-state index contributed by atoms with van der Waals surface area (Å²) < 4.78 is 0. The molecule has 136 valence electrons. The van der Waals surface area contributed by atoms with Crippen molar-refractivity contribution in [1.29, 1.82) is 0 Å². The summed E-state index contributed by atoms with van der Waals surface area (Å²) in [6.45, 7) is 8.25. The Morgan fingerprint density at radius 3 is 2.32 bits per heavy atom. The highest BCUT2D eigenvalue weighted by molar-refractivity contribution is 5.95. The van der Waals surface area contributed by atoms with E-state index in [9.17, 15) is 14.7 Å². The maximum absolute atomic E-state index is 12.8. The molecular weight excluding hydrogens is 316 g/mol. The zero-order chi connectivity index (χ0) is 18.1. The molecule has 25 heavy (non-hydrogen) atoms. The molecule has 2 amide bonds. The topological polar surface area (TPSA) is 60.9 Å². The molecule has 0 aromatic heterocycles. The molecule has 1 aromatic carbocycles. The summed E-state index contributed by atoms with van der Waals surface area (Å²) in [6.07, 6.45) is 1.34. The molecule has 2 heterocycles. The van der Waals surface area contributed by atoms with Crippen molar-refractivity contribution in [3.8, 4) is 0 Å². The number of benzene rings is 1. The van der Waals surface area contributed by atoms with E-state index in [2.05, 4.69) is 6.07 Å². The number of likely N-dealkylation sites (tertiary alicyclic amines) is 2. The largest absolute Gasteiger partial charge is 0.393 e. The lowest BCUT2D eigenvalue weighted by Crippen LogP contribution is -2.57. The quantitative estimate of drug-likeness (QED) is 0.912. The zero-order valence-electron chi connectivity index (χ0n) is 15.4. The van der Waals surface area contributed by atoms with E-state index in [1.54, 1.807) is 6.92 Å². The van der Waals surface area contributed by atoms with Crippen molar-refractivity contribution in [2.75, 3.05) is 26.2 Å². The van der Waals surface area contributed by atoms with E-state index in [-0.39, 0.29) is 29.8 Å². The number of aliphatic hydroxyl groups excluding tert-OH is 1. The Kier molecular flexibility index (Phi) is 5.13. The molecule has 2 aliphatic rings. The summed E-state index contributed by atoms with van der Waals surface area (Å²) >= 11 is 0. The Hall–Kier alpha value is -1.88. The Morgan fingerprint density at radius 2 is 1.72 bits per heavy atom. The standard InChI is InChI=1S/C20H28N2O3/c1-13-7-14(2)9-17(8-13)20(25)21-6-4-5-16(10-21)19(24)22-11-18(12-22)15(3)23/h7-9,15-16,18,23H,4-6,10-12H2,1-3H3. The summed E-state index contributed by atoms with van der Waals surface area (Å²) in [5, 5.41) is 9.58. The van der Waals surface area contributed by atoms with Crippen LogP contribution in [-0.2, 0) is 4.79 Å². The molecule has 5 nitrogen and oxygen atoms in total. The van der Waals surface area contributed by atoms with Gasteiger partial charge in [0.2, 0.25) is 5.91 Å². The fourth-order valence-electron chi connectivity index (χ4n) is 3.90. The van der Waals surface area contributed by atoms with Crippen LogP contribution >= 0.6 is 0 Å². The summed E-state index contributed by atoms with van der Waals surface area (Å²) in [5.41, 5.74) is 2.87. The van der Waals surface area contributed by atoms with Crippen molar-refractivity contribution >= 4 is 11.8 Å². The van der Waals surface area contributed by atoms with Crippen molar-refractivity contribution in [2.45, 2.75) is 39.7 Å². The fraction of sp³-hybridized carbons (Fsp3) is 0.600. The van der Waals surface area contributed by atoms with E-state index < -0.39 is 0 Å². The number of aliphatic hydroxyl groups is 1. The van der Waals surface area contributed by atoms with Crippen LogP contribution < -0.4 is 0 Å². The van der Waals surface area contributed by atoms with E-state index >= 15 is 0 Å². The predicted molar refractivity (Wildman–Crippen MR) is 96.3 cm³/mol. The smallest absolute Gasteiger partial charge is 0.253 e. The monoisotopic (exact) mass is 344 g/mol. The SMILES string of the molecule is Cc1cc(C)cc(C(=O)N2CCCC(C(=O)N3CC(C(C)O)C3)C2)c1. The van der Waals surface area contributed by atoms with Crippen LogP contribution in [0.4, 0.5) is 0 Å². The van der Waals surface area contributed by atoms with Crippen LogP contribution in [0, 0.1) is 25.7 Å². The molecule has 2 aliphatic heterocycles. The molecule has 1 aromatic rings. The van der Waals surface area contributed by atoms with Crippen molar-refractivity contribution in [3.05, 3.63) is 34.9 Å². The first kappa shape index (κ1) is 17.9. The molecule has 5 heteroatoms. The van der Waals surface area contributed by atoms with Gasteiger partial charge in [-0.05, 0) is 45.7 Å². The molecule has 0 aliphatic carbocycles. The summed E-state index contributed by atoms with van der Waals surface area (Å²) in [5.74, 6) is 0.240. The molecule has 2 unspecified atom stereocenters. The maximum Gasteiger partial charge on any atom is 0.253 e. The number of hydrogen-bond donors (Lipinski definition) is 1. The molecule has 1 N–H and O–H groups in total. The van der Waals surface area contributed by atoms with Crippen molar-refractivity contribution in [3.63, 3.8) is 0 Å². The molecule has 2 saturated heterocycles. The van der Waals surface area contributed by atoms with Gasteiger partial charge >= 0.3 is 0 Å². The molecule has 2 atom stereocenters. The number of rotatable bonds is 3. The van der Waals surface area contributed by atoms with Gasteiger partial charge in [-0.25, -0.2) is 0 Å². The van der Waals surface area contributed by atoms with Gasteiger partial charge < -0.3 is 14.9 Å². The zero-order valence-corrected chi connectivity index (χ0v) is 15.4. The van der Waals surface area contributed by atoms with Crippen molar-refractivity contribution in [1.82, 2.24) is 9.80 Å². The minimum Gasteiger partial charge on any atom is -0.393 e. The minimum absolute atomic E-state index is 0.0229. The van der Waals surface area contributed by atoms with E-state index in [1.165, 1.54) is 0 Å². The van der Waals surface area contributed by atoms with Gasteiger partial charge in [-0.1, -0.05) is 17.2 Å². The average molecular weight is 344 g/mol. The highest BCUT2D eigenvalue weighted by atomic mass is 16.3. The van der Waals surface area contributed by atoms with Gasteiger partial charge in [0.15, 0.2) is 0 Å². The van der Waals surface area contributed by atoms with Crippen LogP contribution in [0.2, 0.25) is 0 Å². The van der Waals surface area contributed by atoms with Crippen LogP contribution in [0.25, 0.3) is 0 Å². The second-order valence-corrected chi connectivity index (χ2v) is 7.71. The van der Waals surface area contributed by atoms with Gasteiger partial charge in [-0.3, -0.25) is 9.59 Å². The van der Waals surface area contributed by atoms with Crippen molar-refractivity contribution in [2.24, 2.45) is 11.8 Å². The number of carbonyl (C=O) groups is 2. The molecule has 0 radical (unpaired) electrons. The second-order valence-electron chi connectivity index (χ2n) is 7.71. The lowest BCUT2D eigenvalue weighted by molar-refractivity contribution is -0.146. The van der Waals surface area contributed by atoms with Crippen LogP contribution in [-0.4, -0.2) is 59.0 Å². The van der Waals surface area contributed by atoms with Gasteiger partial charge in [-0.15, -0.1) is 0 Å². The Balaban J connectivity index is 1.63. The molecule has 0 bridgehead atoms. The summed E-state index contributed by atoms with van der Waals surface area (Å²) in [6, 6.07) is 5.90. The van der Waals surface area contributed by atoms with E-state index in [4.69, 9.17) is 0 Å². The first-order valence-corrected chi connectivity index (χ1v) is 9.19. The Labute approximate surface area is 149 Å². The molecule has 0 spiro atoms. The van der Waals surface area contributed by atoms with Gasteiger partial charge in [0.05, 0.1) is 12.0 Å². The average Bonchev–Trinajstić information content (AvgIpc) is 2.51. The van der Waals surface area contributed by atoms with E-state index in [0.717, 1.165) is 24.0 Å². The summed E-state index contributed by atoms with van der Waals surface area (Å²) in [4.78, 5) is 29.2. The first-order valence-electron chi connectivity index (χ1n) is 9.19. The fourth-order valence-corrected chi connectivity index (χ4v) is 3.90. The molecular formula is C20H28N2O3. The summed E-state index contributed by atoms with van der Waals surface area (Å²) in [7, 11) is 0. The normalized spacial score (nSPS) is 22.5. The third-order valence-electron chi connectivity index (χ3n) is 5.43. The lowest BCUT2D eigenvalue weighted by atomic mass is 9.90. The third kappa shape index (κ3) is 3.87. The molecule has 2 fully saturated rings. The highest BCUT2D eigenvalue weighted by Gasteiger charge is 2.38. The van der Waals surface area contributed by atoms with E-state index in [1.807, 2.05) is 35.8 Å². The number of amides is 2. The van der Waals surface area contributed by atoms with Crippen molar-refractivity contribution < 1.29 is 14.7 Å². The number of hydrogen-bond acceptors (Lipinski definition) is 3.